The molecule has 0 bridgehead atoms. The Morgan fingerprint density at radius 2 is 2.27 bits per heavy atom. The number of ether oxygens (including phenoxy) is 1. The largest absolute Gasteiger partial charge is 0.380 e. The first kappa shape index (κ1) is 12.0. The van der Waals surface area contributed by atoms with Crippen molar-refractivity contribution in [1.82, 2.24) is 9.55 Å². The number of unbranched alkanes of at least 4 members (excludes halogenated alkanes) is 1. The molecular weight excluding hydrogens is 190 g/mol. The van der Waals surface area contributed by atoms with Crippen molar-refractivity contribution in [3.63, 3.8) is 0 Å². The fraction of sp³-hybridized carbons (Fsp3) is 0.727. The van der Waals surface area contributed by atoms with E-state index in [2.05, 4.69) is 28.7 Å². The highest BCUT2D eigenvalue weighted by molar-refractivity contribution is 5.25. The van der Waals surface area contributed by atoms with Gasteiger partial charge in [-0.25, -0.2) is 4.98 Å². The number of nitrogens with zero attached hydrogens (tertiary/aromatic N) is 2. The first-order valence-corrected chi connectivity index (χ1v) is 5.71. The van der Waals surface area contributed by atoms with E-state index in [1.807, 2.05) is 12.4 Å². The highest BCUT2D eigenvalue weighted by Crippen LogP contribution is 2.02. The van der Waals surface area contributed by atoms with E-state index in [0.717, 1.165) is 38.7 Å². The van der Waals surface area contributed by atoms with Crippen molar-refractivity contribution in [2.24, 2.45) is 0 Å². The van der Waals surface area contributed by atoms with Gasteiger partial charge in [0, 0.05) is 32.1 Å². The number of nitrogens with one attached hydrogen (secondary N) is 1. The zero-order valence-corrected chi connectivity index (χ0v) is 9.70. The molecule has 0 aliphatic rings. The van der Waals surface area contributed by atoms with E-state index in [4.69, 9.17) is 4.74 Å². The molecule has 0 radical (unpaired) electrons. The second-order valence-corrected chi connectivity index (χ2v) is 3.43. The SMILES string of the molecule is CCCCOCCNc1nccn1CC. The van der Waals surface area contributed by atoms with Crippen LogP contribution in [0.1, 0.15) is 26.7 Å². The Hall–Kier alpha value is -1.03. The molecule has 1 heterocycles. The predicted molar refractivity (Wildman–Crippen MR) is 62.1 cm³/mol. The Bertz CT molecular complexity index is 260. The molecule has 0 aliphatic heterocycles. The van der Waals surface area contributed by atoms with Crippen LogP contribution in [0.2, 0.25) is 0 Å². The molecule has 15 heavy (non-hydrogen) atoms. The number of aryl methyl sites for hydroxylation is 1. The van der Waals surface area contributed by atoms with E-state index in [1.54, 1.807) is 0 Å². The van der Waals surface area contributed by atoms with Crippen LogP contribution in [0.25, 0.3) is 0 Å². The maximum Gasteiger partial charge on any atom is 0.202 e. The minimum Gasteiger partial charge on any atom is -0.380 e. The van der Waals surface area contributed by atoms with Gasteiger partial charge in [0.25, 0.3) is 0 Å². The summed E-state index contributed by atoms with van der Waals surface area (Å²) in [6, 6.07) is 0. The lowest BCUT2D eigenvalue weighted by atomic mass is 10.4. The van der Waals surface area contributed by atoms with Crippen LogP contribution in [0.5, 0.6) is 0 Å². The molecule has 0 fully saturated rings. The maximum atomic E-state index is 5.45. The first-order chi connectivity index (χ1) is 7.38. The van der Waals surface area contributed by atoms with Crippen molar-refractivity contribution in [2.45, 2.75) is 33.2 Å². The Balaban J connectivity index is 2.09. The quantitative estimate of drug-likeness (QED) is 0.669. The van der Waals surface area contributed by atoms with Gasteiger partial charge in [-0.2, -0.15) is 0 Å². The molecule has 4 heteroatoms. The van der Waals surface area contributed by atoms with Crippen molar-refractivity contribution in [1.29, 1.82) is 0 Å². The standard InChI is InChI=1S/C11H21N3O/c1-3-5-9-15-10-7-13-11-12-6-8-14(11)4-2/h6,8H,3-5,7,9-10H2,1-2H3,(H,12,13). The molecule has 0 saturated carbocycles. The third-order valence-electron chi connectivity index (χ3n) is 2.23. The van der Waals surface area contributed by atoms with Crippen molar-refractivity contribution in [3.8, 4) is 0 Å². The van der Waals surface area contributed by atoms with Gasteiger partial charge < -0.3 is 14.6 Å². The highest BCUT2D eigenvalue weighted by Gasteiger charge is 1.98. The zero-order valence-electron chi connectivity index (χ0n) is 9.70. The number of anilines is 1. The molecule has 0 amide bonds. The number of imidazole rings is 1. The van der Waals surface area contributed by atoms with Gasteiger partial charge in [-0.15, -0.1) is 0 Å². The molecule has 0 aromatic carbocycles. The number of hydrogen-bond acceptors (Lipinski definition) is 3. The summed E-state index contributed by atoms with van der Waals surface area (Å²) in [6.45, 7) is 7.64. The summed E-state index contributed by atoms with van der Waals surface area (Å²) in [6.07, 6.45) is 6.11. The van der Waals surface area contributed by atoms with Crippen molar-refractivity contribution < 1.29 is 4.74 Å². The first-order valence-electron chi connectivity index (χ1n) is 5.71. The molecule has 0 aliphatic carbocycles. The predicted octanol–water partition coefficient (Wildman–Crippen LogP) is 2.13. The molecule has 1 N–H and O–H groups in total. The number of rotatable bonds is 8. The van der Waals surface area contributed by atoms with Gasteiger partial charge in [0.05, 0.1) is 6.61 Å². The third-order valence-corrected chi connectivity index (χ3v) is 2.23. The van der Waals surface area contributed by atoms with Crippen LogP contribution < -0.4 is 5.32 Å². The average molecular weight is 211 g/mol. The highest BCUT2D eigenvalue weighted by atomic mass is 16.5. The van der Waals surface area contributed by atoms with Crippen LogP contribution in [-0.2, 0) is 11.3 Å². The lowest BCUT2D eigenvalue weighted by molar-refractivity contribution is 0.141. The second kappa shape index (κ2) is 7.29. The summed E-state index contributed by atoms with van der Waals surface area (Å²) in [5.74, 6) is 0.927. The summed E-state index contributed by atoms with van der Waals surface area (Å²) in [5, 5.41) is 3.25. The fourth-order valence-corrected chi connectivity index (χ4v) is 1.31. The zero-order chi connectivity index (χ0) is 10.9. The minimum atomic E-state index is 0.747. The molecule has 1 rings (SSSR count). The normalized spacial score (nSPS) is 10.5. The van der Waals surface area contributed by atoms with Crippen LogP contribution >= 0.6 is 0 Å². The van der Waals surface area contributed by atoms with Crippen LogP contribution in [0.15, 0.2) is 12.4 Å². The maximum absolute atomic E-state index is 5.45. The van der Waals surface area contributed by atoms with Gasteiger partial charge >= 0.3 is 0 Å². The van der Waals surface area contributed by atoms with E-state index in [0.29, 0.717) is 0 Å². The molecule has 0 atom stereocenters. The fourth-order valence-electron chi connectivity index (χ4n) is 1.31. The van der Waals surface area contributed by atoms with Gasteiger partial charge in [0.15, 0.2) is 0 Å². The van der Waals surface area contributed by atoms with E-state index in [1.165, 1.54) is 6.42 Å². The van der Waals surface area contributed by atoms with Gasteiger partial charge in [-0.05, 0) is 13.3 Å². The van der Waals surface area contributed by atoms with Crippen LogP contribution in [0.4, 0.5) is 5.95 Å². The van der Waals surface area contributed by atoms with Crippen molar-refractivity contribution >= 4 is 5.95 Å². The molecule has 86 valence electrons. The van der Waals surface area contributed by atoms with E-state index in [9.17, 15) is 0 Å². The molecule has 1 aromatic rings. The molecule has 0 unspecified atom stereocenters. The Morgan fingerprint density at radius 3 is 3.00 bits per heavy atom. The molecule has 1 aromatic heterocycles. The molecule has 4 nitrogen and oxygen atoms in total. The van der Waals surface area contributed by atoms with E-state index < -0.39 is 0 Å². The summed E-state index contributed by atoms with van der Waals surface area (Å²) >= 11 is 0. The van der Waals surface area contributed by atoms with Crippen LogP contribution in [-0.4, -0.2) is 29.3 Å². The Labute approximate surface area is 91.7 Å². The smallest absolute Gasteiger partial charge is 0.202 e. The van der Waals surface area contributed by atoms with Gasteiger partial charge in [0.2, 0.25) is 5.95 Å². The lowest BCUT2D eigenvalue weighted by Gasteiger charge is -2.07. The third kappa shape index (κ3) is 4.34. The molecule has 0 spiro atoms. The Kier molecular flexibility index (Phi) is 5.85. The van der Waals surface area contributed by atoms with Crippen LogP contribution in [0.3, 0.4) is 0 Å². The second-order valence-electron chi connectivity index (χ2n) is 3.43. The van der Waals surface area contributed by atoms with Gasteiger partial charge in [-0.3, -0.25) is 0 Å². The number of aromatic nitrogens is 2. The Morgan fingerprint density at radius 1 is 1.40 bits per heavy atom. The average Bonchev–Trinajstić information content (AvgIpc) is 2.70. The van der Waals surface area contributed by atoms with Gasteiger partial charge in [-0.1, -0.05) is 13.3 Å². The van der Waals surface area contributed by atoms with E-state index >= 15 is 0 Å². The summed E-state index contributed by atoms with van der Waals surface area (Å²) in [7, 11) is 0. The topological polar surface area (TPSA) is 39.1 Å². The van der Waals surface area contributed by atoms with Gasteiger partial charge in [0.1, 0.15) is 0 Å². The minimum absolute atomic E-state index is 0.747. The lowest BCUT2D eigenvalue weighted by Crippen LogP contribution is -2.13. The number of hydrogen-bond donors (Lipinski definition) is 1. The summed E-state index contributed by atoms with van der Waals surface area (Å²) in [5.41, 5.74) is 0. The van der Waals surface area contributed by atoms with Crippen molar-refractivity contribution in [2.75, 3.05) is 25.1 Å². The van der Waals surface area contributed by atoms with E-state index in [-0.39, 0.29) is 0 Å². The van der Waals surface area contributed by atoms with Crippen molar-refractivity contribution in [3.05, 3.63) is 12.4 Å². The monoisotopic (exact) mass is 211 g/mol. The van der Waals surface area contributed by atoms with Crippen LogP contribution in [0, 0.1) is 0 Å². The summed E-state index contributed by atoms with van der Waals surface area (Å²) < 4.78 is 7.52. The molecular formula is C11H21N3O. The summed E-state index contributed by atoms with van der Waals surface area (Å²) in [4.78, 5) is 4.22. The molecule has 0 saturated heterocycles.